The van der Waals surface area contributed by atoms with E-state index < -0.39 is 15.6 Å². The molecule has 0 amide bonds. The maximum absolute atomic E-state index is 10.7. The molecule has 0 saturated carbocycles. The molecule has 1 aromatic carbocycles. The second-order valence-corrected chi connectivity index (χ2v) is 10.1. The molecule has 176 valence electrons. The van der Waals surface area contributed by atoms with Crippen molar-refractivity contribution < 1.29 is 30.9 Å². The Morgan fingerprint density at radius 3 is 2.39 bits per heavy atom. The Labute approximate surface area is 185 Å². The molecule has 3 rings (SSSR count). The Morgan fingerprint density at radius 1 is 1.19 bits per heavy atom. The minimum absolute atomic E-state index is 0.740. The lowest BCUT2D eigenvalue weighted by Gasteiger charge is -2.31. The Bertz CT molecular complexity index is 920. The van der Waals surface area contributed by atoms with Crippen molar-refractivity contribution in [3.8, 4) is 5.75 Å². The number of nitrogens with zero attached hydrogens (tertiary/aromatic N) is 1. The van der Waals surface area contributed by atoms with Crippen molar-refractivity contribution in [2.45, 2.75) is 57.4 Å². The summed E-state index contributed by atoms with van der Waals surface area (Å²) in [6.07, 6.45) is 6.32. The van der Waals surface area contributed by atoms with Crippen LogP contribution in [0.3, 0.4) is 0 Å². The Morgan fingerprint density at radius 2 is 1.84 bits per heavy atom. The summed E-state index contributed by atoms with van der Waals surface area (Å²) in [5, 5.41) is 1.35. The Hall–Kier alpha value is -1.36. The molecule has 31 heavy (non-hydrogen) atoms. The number of alkyl halides is 3. The molecular formula is C21H30F3NO4S2. The average molecular weight is 482 g/mol. The maximum atomic E-state index is 10.7. The molecular weight excluding hydrogens is 451 g/mol. The Kier molecular flexibility index (Phi) is 9.60. The minimum atomic E-state index is -5.84. The molecule has 1 saturated heterocycles. The highest BCUT2D eigenvalue weighted by Gasteiger charge is 2.44. The van der Waals surface area contributed by atoms with Gasteiger partial charge in [-0.1, -0.05) is 32.4 Å². The number of hydrogen-bond acceptors (Lipinski definition) is 5. The van der Waals surface area contributed by atoms with Crippen molar-refractivity contribution in [1.82, 2.24) is 4.90 Å². The quantitative estimate of drug-likeness (QED) is 0.384. The largest absolute Gasteiger partial charge is 0.522 e. The number of hydrogen-bond donors (Lipinski definition) is 1. The van der Waals surface area contributed by atoms with E-state index in [0.717, 1.165) is 24.7 Å². The first-order valence-electron chi connectivity index (χ1n) is 10.5. The third-order valence-corrected chi connectivity index (χ3v) is 7.01. The van der Waals surface area contributed by atoms with Crippen LogP contribution < -0.4 is 4.74 Å². The standard InChI is InChI=1S/C20H29NOS.CHF3O3S/c1-3-5-11-21-12-9-16(10-13-21)19-15-17-7-6-8-18(20(17)23-19)22-14-4-2;2-1(3,4)8(5,6)7/h6-8,15-16H,3-5,9-14H2,1-2H3;(H,5,6,7). The van der Waals surface area contributed by atoms with Crippen molar-refractivity contribution in [2.75, 3.05) is 26.2 Å². The van der Waals surface area contributed by atoms with E-state index in [1.165, 1.54) is 55.4 Å². The van der Waals surface area contributed by atoms with Crippen LogP contribution in [0.25, 0.3) is 10.1 Å². The summed E-state index contributed by atoms with van der Waals surface area (Å²) in [7, 11) is -5.84. The summed E-state index contributed by atoms with van der Waals surface area (Å²) in [6, 6.07) is 8.87. The van der Waals surface area contributed by atoms with Gasteiger partial charge in [-0.25, -0.2) is 0 Å². The molecule has 0 aliphatic carbocycles. The van der Waals surface area contributed by atoms with Gasteiger partial charge in [0.15, 0.2) is 0 Å². The molecule has 0 unspecified atom stereocenters. The fraction of sp³-hybridized carbons (Fsp3) is 0.619. The SMILES string of the molecule is CCCCN1CCC(c2cc3cccc(OCCC)c3s2)CC1.O=S(=O)(O)C(F)(F)F. The van der Waals surface area contributed by atoms with E-state index in [2.05, 4.69) is 43.0 Å². The maximum Gasteiger partial charge on any atom is 0.522 e. The lowest BCUT2D eigenvalue weighted by atomic mass is 9.95. The first kappa shape index (κ1) is 25.9. The number of ether oxygens (including phenoxy) is 1. The second-order valence-electron chi connectivity index (χ2n) is 7.56. The van der Waals surface area contributed by atoms with Gasteiger partial charge in [-0.05, 0) is 68.8 Å². The third-order valence-electron chi connectivity index (χ3n) is 5.10. The smallest absolute Gasteiger partial charge is 0.492 e. The van der Waals surface area contributed by atoms with Gasteiger partial charge in [0.25, 0.3) is 0 Å². The van der Waals surface area contributed by atoms with Gasteiger partial charge in [0.1, 0.15) is 5.75 Å². The normalized spacial score (nSPS) is 16.2. The summed E-state index contributed by atoms with van der Waals surface area (Å²) in [5.74, 6) is 1.81. The zero-order valence-electron chi connectivity index (χ0n) is 17.8. The van der Waals surface area contributed by atoms with E-state index in [9.17, 15) is 13.2 Å². The average Bonchev–Trinajstić information content (AvgIpc) is 3.15. The Balaban J connectivity index is 0.000000366. The lowest BCUT2D eigenvalue weighted by molar-refractivity contribution is -0.0510. The van der Waals surface area contributed by atoms with Crippen LogP contribution in [0.1, 0.15) is 56.7 Å². The van der Waals surface area contributed by atoms with Crippen LogP contribution in [0.15, 0.2) is 24.3 Å². The van der Waals surface area contributed by atoms with Gasteiger partial charge in [-0.2, -0.15) is 21.6 Å². The molecule has 1 aromatic heterocycles. The number of halogens is 3. The van der Waals surface area contributed by atoms with Crippen LogP contribution in [0.2, 0.25) is 0 Å². The highest BCUT2D eigenvalue weighted by atomic mass is 32.2. The fourth-order valence-corrected chi connectivity index (χ4v) is 4.70. The van der Waals surface area contributed by atoms with Gasteiger partial charge >= 0.3 is 15.6 Å². The summed E-state index contributed by atoms with van der Waals surface area (Å²) in [5.41, 5.74) is -5.53. The summed E-state index contributed by atoms with van der Waals surface area (Å²) in [4.78, 5) is 4.20. The van der Waals surface area contributed by atoms with Crippen molar-refractivity contribution in [3.63, 3.8) is 0 Å². The number of thiophene rings is 1. The van der Waals surface area contributed by atoms with E-state index in [4.69, 9.17) is 17.7 Å². The monoisotopic (exact) mass is 481 g/mol. The number of unbranched alkanes of at least 4 members (excludes halogenated alkanes) is 1. The van der Waals surface area contributed by atoms with Gasteiger partial charge in [0.05, 0.1) is 11.3 Å². The van der Waals surface area contributed by atoms with Crippen LogP contribution in [-0.2, 0) is 10.1 Å². The third kappa shape index (κ3) is 7.62. The molecule has 2 aromatic rings. The summed E-state index contributed by atoms with van der Waals surface area (Å²) in [6.45, 7) is 9.05. The summed E-state index contributed by atoms with van der Waals surface area (Å²) < 4.78 is 64.8. The van der Waals surface area contributed by atoms with E-state index in [-0.39, 0.29) is 0 Å². The molecule has 0 radical (unpaired) electrons. The van der Waals surface area contributed by atoms with Crippen LogP contribution >= 0.6 is 11.3 Å². The first-order valence-corrected chi connectivity index (χ1v) is 12.7. The van der Waals surface area contributed by atoms with Crippen molar-refractivity contribution in [2.24, 2.45) is 0 Å². The molecule has 2 heterocycles. The molecule has 1 aliphatic rings. The zero-order chi connectivity index (χ0) is 23.1. The molecule has 1 N–H and O–H groups in total. The van der Waals surface area contributed by atoms with Crippen LogP contribution in [0, 0.1) is 0 Å². The highest BCUT2D eigenvalue weighted by molar-refractivity contribution is 7.86. The van der Waals surface area contributed by atoms with Gasteiger partial charge in [-0.15, -0.1) is 11.3 Å². The first-order chi connectivity index (χ1) is 14.6. The van der Waals surface area contributed by atoms with Crippen molar-refractivity contribution >= 4 is 31.5 Å². The molecule has 1 aliphatic heterocycles. The van der Waals surface area contributed by atoms with E-state index in [1.54, 1.807) is 4.88 Å². The second kappa shape index (κ2) is 11.5. The van der Waals surface area contributed by atoms with Gasteiger partial charge in [-0.3, -0.25) is 4.55 Å². The van der Waals surface area contributed by atoms with E-state index in [1.807, 2.05) is 11.3 Å². The molecule has 0 atom stereocenters. The van der Waals surface area contributed by atoms with Gasteiger partial charge in [0, 0.05) is 4.88 Å². The van der Waals surface area contributed by atoms with Crippen molar-refractivity contribution in [1.29, 1.82) is 0 Å². The van der Waals surface area contributed by atoms with Crippen LogP contribution in [0.5, 0.6) is 5.75 Å². The van der Waals surface area contributed by atoms with E-state index in [0.29, 0.717) is 0 Å². The topological polar surface area (TPSA) is 66.8 Å². The number of rotatable bonds is 7. The van der Waals surface area contributed by atoms with Crippen molar-refractivity contribution in [3.05, 3.63) is 29.1 Å². The lowest BCUT2D eigenvalue weighted by Crippen LogP contribution is -2.33. The fourth-order valence-electron chi connectivity index (χ4n) is 3.41. The predicted molar refractivity (Wildman–Crippen MR) is 119 cm³/mol. The van der Waals surface area contributed by atoms with Crippen LogP contribution in [0.4, 0.5) is 13.2 Å². The molecule has 10 heteroatoms. The molecule has 0 spiro atoms. The number of piperidine rings is 1. The van der Waals surface area contributed by atoms with Crippen LogP contribution in [-0.4, -0.2) is 49.6 Å². The molecule has 0 bridgehead atoms. The van der Waals surface area contributed by atoms with E-state index >= 15 is 0 Å². The van der Waals surface area contributed by atoms with Gasteiger partial charge in [0.2, 0.25) is 0 Å². The van der Waals surface area contributed by atoms with Gasteiger partial charge < -0.3 is 9.64 Å². The minimum Gasteiger partial charge on any atom is -0.492 e. The molecule has 5 nitrogen and oxygen atoms in total. The summed E-state index contributed by atoms with van der Waals surface area (Å²) >= 11 is 1.96. The molecule has 1 fully saturated rings. The predicted octanol–water partition coefficient (Wildman–Crippen LogP) is 6.06. The number of benzene rings is 1. The number of likely N-dealkylation sites (tertiary alicyclic amines) is 1. The number of fused-ring (bicyclic) bond motifs is 1. The highest BCUT2D eigenvalue weighted by Crippen LogP contribution is 2.40. The zero-order valence-corrected chi connectivity index (χ0v) is 19.5.